The van der Waals surface area contributed by atoms with Crippen molar-refractivity contribution < 1.29 is 4.74 Å². The van der Waals surface area contributed by atoms with Gasteiger partial charge in [-0.1, -0.05) is 11.8 Å². The van der Waals surface area contributed by atoms with Gasteiger partial charge in [0.15, 0.2) is 22.1 Å². The van der Waals surface area contributed by atoms with E-state index in [1.165, 1.54) is 11.9 Å². The van der Waals surface area contributed by atoms with Gasteiger partial charge < -0.3 is 20.4 Å². The number of nitrogens with zero attached hydrogens (tertiary/aromatic N) is 5. The molecule has 0 amide bonds. The lowest BCUT2D eigenvalue weighted by Gasteiger charge is -2.20. The van der Waals surface area contributed by atoms with Crippen molar-refractivity contribution in [3.63, 3.8) is 0 Å². The zero-order chi connectivity index (χ0) is 23.0. The number of nitrogens with two attached hydrogens (primary N) is 1. The summed E-state index contributed by atoms with van der Waals surface area (Å²) in [5.41, 5.74) is 9.91. The van der Waals surface area contributed by atoms with Gasteiger partial charge in [0.1, 0.15) is 17.1 Å². The molecule has 33 heavy (non-hydrogen) atoms. The van der Waals surface area contributed by atoms with Gasteiger partial charge in [-0.05, 0) is 51.4 Å². The Hall–Kier alpha value is -2.69. The Morgan fingerprint density at radius 2 is 2.12 bits per heavy atom. The van der Waals surface area contributed by atoms with Gasteiger partial charge in [-0.25, -0.2) is 19.9 Å². The average molecular weight is 482 g/mol. The second kappa shape index (κ2) is 8.92. The van der Waals surface area contributed by atoms with Gasteiger partial charge in [0.05, 0.1) is 6.61 Å². The summed E-state index contributed by atoms with van der Waals surface area (Å²) in [6.45, 7) is 8.91. The zero-order valence-corrected chi connectivity index (χ0v) is 20.6. The first-order chi connectivity index (χ1) is 15.9. The Kier molecular flexibility index (Phi) is 5.98. The third kappa shape index (κ3) is 4.68. The van der Waals surface area contributed by atoms with Crippen molar-refractivity contribution >= 4 is 40.1 Å². The number of fused-ring (bicyclic) bond motifs is 2. The van der Waals surface area contributed by atoms with Crippen LogP contribution in [0.15, 0.2) is 40.1 Å². The molecule has 0 unspecified atom stereocenters. The van der Waals surface area contributed by atoms with Crippen molar-refractivity contribution in [3.05, 3.63) is 35.6 Å². The summed E-state index contributed by atoms with van der Waals surface area (Å²) in [5.74, 6) is 1.34. The molecular formula is C23H27N7OS2. The van der Waals surface area contributed by atoms with E-state index in [1.54, 1.807) is 23.1 Å². The van der Waals surface area contributed by atoms with Crippen LogP contribution in [-0.2, 0) is 13.0 Å². The number of rotatable bonds is 7. The van der Waals surface area contributed by atoms with Gasteiger partial charge >= 0.3 is 0 Å². The van der Waals surface area contributed by atoms with E-state index in [2.05, 4.69) is 57.7 Å². The molecule has 0 radical (unpaired) electrons. The molecule has 1 aromatic carbocycles. The predicted molar refractivity (Wildman–Crippen MR) is 133 cm³/mol. The third-order valence-corrected chi connectivity index (χ3v) is 7.25. The summed E-state index contributed by atoms with van der Waals surface area (Å²) < 4.78 is 7.98. The number of hydrogen-bond donors (Lipinski definition) is 2. The number of imidazole rings is 1. The van der Waals surface area contributed by atoms with Crippen LogP contribution in [0.4, 0.5) is 5.82 Å². The minimum Gasteiger partial charge on any atom is -0.493 e. The van der Waals surface area contributed by atoms with Crippen LogP contribution in [0.25, 0.3) is 21.7 Å². The van der Waals surface area contributed by atoms with Crippen LogP contribution < -0.4 is 15.8 Å². The van der Waals surface area contributed by atoms with Crippen LogP contribution >= 0.6 is 23.1 Å². The zero-order valence-electron chi connectivity index (χ0n) is 19.0. The molecule has 0 fully saturated rings. The Morgan fingerprint density at radius 1 is 1.24 bits per heavy atom. The van der Waals surface area contributed by atoms with Crippen molar-refractivity contribution in [3.8, 4) is 16.3 Å². The number of thiazole rings is 1. The maximum Gasteiger partial charge on any atom is 0.175 e. The van der Waals surface area contributed by atoms with E-state index in [4.69, 9.17) is 15.5 Å². The van der Waals surface area contributed by atoms with Crippen molar-refractivity contribution in [2.24, 2.45) is 0 Å². The van der Waals surface area contributed by atoms with E-state index in [0.717, 1.165) is 58.0 Å². The first-order valence-corrected chi connectivity index (χ1v) is 12.7. The molecule has 4 aromatic rings. The lowest BCUT2D eigenvalue weighted by molar-refractivity contribution is 0.357. The highest BCUT2D eigenvalue weighted by Crippen LogP contribution is 2.42. The number of nitrogens with one attached hydrogen (secondary N) is 1. The van der Waals surface area contributed by atoms with E-state index >= 15 is 0 Å². The molecular weight excluding hydrogens is 454 g/mol. The molecule has 3 aromatic heterocycles. The molecule has 10 heteroatoms. The van der Waals surface area contributed by atoms with Crippen LogP contribution in [0.1, 0.15) is 32.8 Å². The number of nitrogen functional groups attached to an aromatic ring is 1. The van der Waals surface area contributed by atoms with Crippen LogP contribution in [0, 0.1) is 0 Å². The normalized spacial score (nSPS) is 13.4. The third-order valence-electron chi connectivity index (χ3n) is 5.39. The molecule has 4 heterocycles. The van der Waals surface area contributed by atoms with Gasteiger partial charge in [0, 0.05) is 40.5 Å². The molecule has 0 aliphatic carbocycles. The monoisotopic (exact) mass is 481 g/mol. The quantitative estimate of drug-likeness (QED) is 0.375. The molecule has 8 nitrogen and oxygen atoms in total. The van der Waals surface area contributed by atoms with E-state index in [0.29, 0.717) is 17.9 Å². The van der Waals surface area contributed by atoms with Crippen LogP contribution in [0.5, 0.6) is 5.75 Å². The van der Waals surface area contributed by atoms with Gasteiger partial charge in [0.25, 0.3) is 0 Å². The molecule has 0 atom stereocenters. The minimum atomic E-state index is 0.0796. The Bertz CT molecular complexity index is 1280. The lowest BCUT2D eigenvalue weighted by atomic mass is 10.1. The van der Waals surface area contributed by atoms with Crippen molar-refractivity contribution in [2.75, 3.05) is 18.9 Å². The van der Waals surface area contributed by atoms with Gasteiger partial charge in [-0.3, -0.25) is 0 Å². The number of aromatic nitrogens is 5. The topological polar surface area (TPSA) is 104 Å². The second-order valence-electron chi connectivity index (χ2n) is 9.00. The predicted octanol–water partition coefficient (Wildman–Crippen LogP) is 4.40. The summed E-state index contributed by atoms with van der Waals surface area (Å²) in [6, 6.07) is 4.32. The first-order valence-electron chi connectivity index (χ1n) is 11.0. The standard InChI is InChI=1S/C23H27N7OS2/c1-23(2,3)28-6-4-8-30-20-18(19(24)26-13-27-20)29-22(30)33-17-11-14-5-9-31-16(14)12-15(17)21-25-7-10-32-21/h7,10-13,28H,4-6,8-9H2,1-3H3,(H2,24,26,27). The van der Waals surface area contributed by atoms with Crippen molar-refractivity contribution in [2.45, 2.75) is 55.7 Å². The van der Waals surface area contributed by atoms with Gasteiger partial charge in [-0.2, -0.15) is 0 Å². The number of ether oxygens (including phenoxy) is 1. The molecule has 0 bridgehead atoms. The Morgan fingerprint density at radius 3 is 2.91 bits per heavy atom. The van der Waals surface area contributed by atoms with Crippen molar-refractivity contribution in [1.29, 1.82) is 0 Å². The van der Waals surface area contributed by atoms with E-state index in [1.807, 2.05) is 11.6 Å². The summed E-state index contributed by atoms with van der Waals surface area (Å²) in [7, 11) is 0. The molecule has 3 N–H and O–H groups in total. The second-order valence-corrected chi connectivity index (χ2v) is 10.9. The Balaban J connectivity index is 1.52. The fourth-order valence-corrected chi connectivity index (χ4v) is 5.64. The van der Waals surface area contributed by atoms with Crippen molar-refractivity contribution in [1.82, 2.24) is 29.8 Å². The molecule has 0 spiro atoms. The number of benzene rings is 1. The minimum absolute atomic E-state index is 0.0796. The fraction of sp³-hybridized carbons (Fsp3) is 0.391. The molecule has 5 rings (SSSR count). The number of anilines is 1. The summed E-state index contributed by atoms with van der Waals surface area (Å²) in [6.07, 6.45) is 5.19. The summed E-state index contributed by atoms with van der Waals surface area (Å²) >= 11 is 3.24. The van der Waals surface area contributed by atoms with Gasteiger partial charge in [0.2, 0.25) is 0 Å². The lowest BCUT2D eigenvalue weighted by Crippen LogP contribution is -2.36. The molecule has 0 saturated carbocycles. The largest absolute Gasteiger partial charge is 0.493 e. The highest BCUT2D eigenvalue weighted by molar-refractivity contribution is 7.99. The molecule has 0 saturated heterocycles. The highest BCUT2D eigenvalue weighted by Gasteiger charge is 2.22. The maximum absolute atomic E-state index is 6.15. The SMILES string of the molecule is CC(C)(C)NCCCn1c(Sc2cc3c(cc2-c2nccs2)OCC3)nc2c(N)ncnc21. The fourth-order valence-electron chi connectivity index (χ4n) is 3.82. The smallest absolute Gasteiger partial charge is 0.175 e. The molecule has 172 valence electrons. The van der Waals surface area contributed by atoms with Crippen LogP contribution in [0.2, 0.25) is 0 Å². The highest BCUT2D eigenvalue weighted by atomic mass is 32.2. The van der Waals surface area contributed by atoms with E-state index in [-0.39, 0.29) is 5.54 Å². The summed E-state index contributed by atoms with van der Waals surface area (Å²) in [4.78, 5) is 19.2. The molecule has 1 aliphatic heterocycles. The molecule has 1 aliphatic rings. The van der Waals surface area contributed by atoms with Crippen LogP contribution in [-0.4, -0.2) is 43.2 Å². The Labute approximate surface area is 201 Å². The van der Waals surface area contributed by atoms with E-state index in [9.17, 15) is 0 Å². The maximum atomic E-state index is 6.15. The number of hydrogen-bond acceptors (Lipinski definition) is 9. The summed E-state index contributed by atoms with van der Waals surface area (Å²) in [5, 5.41) is 7.36. The van der Waals surface area contributed by atoms with Crippen LogP contribution in [0.3, 0.4) is 0 Å². The first kappa shape index (κ1) is 22.1. The van der Waals surface area contributed by atoms with Gasteiger partial charge in [-0.15, -0.1) is 11.3 Å². The van der Waals surface area contributed by atoms with E-state index < -0.39 is 0 Å². The number of aryl methyl sites for hydroxylation is 1. The average Bonchev–Trinajstić information content (AvgIpc) is 3.51.